The Balaban J connectivity index is 1.24. The fourth-order valence-corrected chi connectivity index (χ4v) is 4.81. The van der Waals surface area contributed by atoms with Crippen molar-refractivity contribution in [1.82, 2.24) is 20.2 Å². The summed E-state index contributed by atoms with van der Waals surface area (Å²) in [5.41, 5.74) is 3.61. The average molecular weight is 409 g/mol. The molecule has 2 saturated heterocycles. The summed E-state index contributed by atoms with van der Waals surface area (Å²) in [4.78, 5) is 16.8. The zero-order chi connectivity index (χ0) is 20.3. The molecule has 0 aliphatic carbocycles. The maximum absolute atomic E-state index is 9.70. The lowest BCUT2D eigenvalue weighted by Gasteiger charge is -2.29. The summed E-state index contributed by atoms with van der Waals surface area (Å²) in [7, 11) is 0. The minimum absolute atomic E-state index is 0.134. The molecule has 7 heteroatoms. The van der Waals surface area contributed by atoms with Gasteiger partial charge in [0.1, 0.15) is 5.82 Å². The molecule has 3 aliphatic heterocycles. The van der Waals surface area contributed by atoms with Crippen LogP contribution in [0.3, 0.4) is 0 Å². The molecule has 5 rings (SSSR count). The van der Waals surface area contributed by atoms with Crippen molar-refractivity contribution in [2.24, 2.45) is 0 Å². The molecule has 4 heterocycles. The Morgan fingerprint density at radius 1 is 1.03 bits per heavy atom. The lowest BCUT2D eigenvalue weighted by molar-refractivity contribution is 0.176. The van der Waals surface area contributed by atoms with Gasteiger partial charge in [0.05, 0.1) is 6.10 Å². The standard InChI is InChI=1S/C23H32N6O/c30-21-7-12-27(17-21)10-1-11-29-13-6-19-16-25-22(26-23(19)29)18-2-4-20(5-3-18)28-14-8-24-9-15-28/h2-5,16,21,24,30H,1,6-15,17H2. The third-order valence-corrected chi connectivity index (χ3v) is 6.55. The zero-order valence-electron chi connectivity index (χ0n) is 17.6. The van der Waals surface area contributed by atoms with Crippen molar-refractivity contribution in [3.05, 3.63) is 36.0 Å². The minimum Gasteiger partial charge on any atom is -0.392 e. The number of hydrogen-bond donors (Lipinski definition) is 2. The number of fused-ring (bicyclic) bond motifs is 1. The number of aliphatic hydroxyl groups is 1. The van der Waals surface area contributed by atoms with Crippen molar-refractivity contribution < 1.29 is 5.11 Å². The SMILES string of the molecule is OC1CCN(CCCN2CCc3cnc(-c4ccc(N5CCNCC5)cc4)nc32)C1. The summed E-state index contributed by atoms with van der Waals surface area (Å²) in [6, 6.07) is 8.69. The van der Waals surface area contributed by atoms with E-state index in [1.54, 1.807) is 0 Å². The highest BCUT2D eigenvalue weighted by molar-refractivity contribution is 5.63. The van der Waals surface area contributed by atoms with Gasteiger partial charge in [-0.15, -0.1) is 0 Å². The summed E-state index contributed by atoms with van der Waals surface area (Å²) in [5, 5.41) is 13.1. The van der Waals surface area contributed by atoms with E-state index in [9.17, 15) is 5.11 Å². The maximum Gasteiger partial charge on any atom is 0.161 e. The van der Waals surface area contributed by atoms with Gasteiger partial charge in [0, 0.05) is 75.4 Å². The van der Waals surface area contributed by atoms with Crippen LogP contribution in [0.1, 0.15) is 18.4 Å². The average Bonchev–Trinajstić information content (AvgIpc) is 3.40. The first-order chi connectivity index (χ1) is 14.8. The number of hydrogen-bond acceptors (Lipinski definition) is 7. The van der Waals surface area contributed by atoms with E-state index in [0.29, 0.717) is 0 Å². The van der Waals surface area contributed by atoms with Gasteiger partial charge in [-0.05, 0) is 50.1 Å². The second-order valence-corrected chi connectivity index (χ2v) is 8.66. The van der Waals surface area contributed by atoms with Gasteiger partial charge in [0.2, 0.25) is 0 Å². The highest BCUT2D eigenvalue weighted by atomic mass is 16.3. The molecule has 2 fully saturated rings. The maximum atomic E-state index is 9.70. The van der Waals surface area contributed by atoms with Crippen LogP contribution in [0.15, 0.2) is 30.5 Å². The van der Waals surface area contributed by atoms with E-state index in [1.807, 2.05) is 6.20 Å². The Hall–Kier alpha value is -2.22. The van der Waals surface area contributed by atoms with Gasteiger partial charge in [-0.1, -0.05) is 0 Å². The number of nitrogens with zero attached hydrogens (tertiary/aromatic N) is 5. The van der Waals surface area contributed by atoms with E-state index >= 15 is 0 Å². The van der Waals surface area contributed by atoms with Gasteiger partial charge in [-0.3, -0.25) is 0 Å². The lowest BCUT2D eigenvalue weighted by Crippen LogP contribution is -2.43. The molecule has 0 radical (unpaired) electrons. The van der Waals surface area contributed by atoms with Crippen LogP contribution >= 0.6 is 0 Å². The zero-order valence-corrected chi connectivity index (χ0v) is 17.6. The number of aliphatic hydroxyl groups excluding tert-OH is 1. The largest absolute Gasteiger partial charge is 0.392 e. The molecule has 160 valence electrons. The topological polar surface area (TPSA) is 67.8 Å². The first kappa shape index (κ1) is 19.7. The van der Waals surface area contributed by atoms with Crippen LogP contribution in [0, 0.1) is 0 Å². The van der Waals surface area contributed by atoms with E-state index in [4.69, 9.17) is 4.98 Å². The van der Waals surface area contributed by atoms with Crippen molar-refractivity contribution in [2.75, 3.05) is 68.7 Å². The smallest absolute Gasteiger partial charge is 0.161 e. The van der Waals surface area contributed by atoms with Crippen molar-refractivity contribution in [3.63, 3.8) is 0 Å². The molecule has 1 atom stereocenters. The van der Waals surface area contributed by atoms with Crippen LogP contribution in [0.5, 0.6) is 0 Å². The second kappa shape index (κ2) is 8.88. The highest BCUT2D eigenvalue weighted by Gasteiger charge is 2.23. The minimum atomic E-state index is -0.134. The molecule has 2 N–H and O–H groups in total. The Bertz CT molecular complexity index is 851. The van der Waals surface area contributed by atoms with Crippen LogP contribution in [0.4, 0.5) is 11.5 Å². The summed E-state index contributed by atoms with van der Waals surface area (Å²) in [5.74, 6) is 1.92. The van der Waals surface area contributed by atoms with Gasteiger partial charge in [-0.25, -0.2) is 9.97 Å². The molecular formula is C23H32N6O. The molecule has 0 spiro atoms. The summed E-state index contributed by atoms with van der Waals surface area (Å²) in [6.45, 7) is 9.14. The number of piperazine rings is 1. The van der Waals surface area contributed by atoms with E-state index < -0.39 is 0 Å². The molecule has 0 saturated carbocycles. The third kappa shape index (κ3) is 4.29. The number of rotatable bonds is 6. The molecule has 30 heavy (non-hydrogen) atoms. The first-order valence-corrected chi connectivity index (χ1v) is 11.3. The van der Waals surface area contributed by atoms with Gasteiger partial charge in [0.15, 0.2) is 5.82 Å². The Morgan fingerprint density at radius 2 is 1.87 bits per heavy atom. The molecule has 1 aromatic carbocycles. The first-order valence-electron chi connectivity index (χ1n) is 11.3. The van der Waals surface area contributed by atoms with Crippen molar-refractivity contribution in [3.8, 4) is 11.4 Å². The van der Waals surface area contributed by atoms with Crippen LogP contribution < -0.4 is 15.1 Å². The Morgan fingerprint density at radius 3 is 2.63 bits per heavy atom. The van der Waals surface area contributed by atoms with Crippen LogP contribution in [-0.4, -0.2) is 85.0 Å². The van der Waals surface area contributed by atoms with Gasteiger partial charge >= 0.3 is 0 Å². The lowest BCUT2D eigenvalue weighted by atomic mass is 10.1. The van der Waals surface area contributed by atoms with Gasteiger partial charge < -0.3 is 25.1 Å². The van der Waals surface area contributed by atoms with Gasteiger partial charge in [-0.2, -0.15) is 0 Å². The number of benzene rings is 1. The number of likely N-dealkylation sites (tertiary alicyclic amines) is 1. The van der Waals surface area contributed by atoms with Gasteiger partial charge in [0.25, 0.3) is 0 Å². The Kier molecular flexibility index (Phi) is 5.84. The summed E-state index contributed by atoms with van der Waals surface area (Å²) in [6.07, 6.45) is 4.92. The third-order valence-electron chi connectivity index (χ3n) is 6.55. The van der Waals surface area contributed by atoms with E-state index in [2.05, 4.69) is 49.3 Å². The number of nitrogens with one attached hydrogen (secondary N) is 1. The van der Waals surface area contributed by atoms with E-state index in [1.165, 1.54) is 11.3 Å². The molecule has 1 aromatic heterocycles. The van der Waals surface area contributed by atoms with Crippen LogP contribution in [-0.2, 0) is 6.42 Å². The van der Waals surface area contributed by atoms with Crippen LogP contribution in [0.2, 0.25) is 0 Å². The fraction of sp³-hybridized carbons (Fsp3) is 0.565. The van der Waals surface area contributed by atoms with Crippen molar-refractivity contribution >= 4 is 11.5 Å². The quantitative estimate of drug-likeness (QED) is 0.748. The number of anilines is 2. The molecule has 1 unspecified atom stereocenters. The van der Waals surface area contributed by atoms with E-state index in [0.717, 1.165) is 95.4 Å². The van der Waals surface area contributed by atoms with Crippen molar-refractivity contribution in [2.45, 2.75) is 25.4 Å². The highest BCUT2D eigenvalue weighted by Crippen LogP contribution is 2.29. The van der Waals surface area contributed by atoms with Crippen LogP contribution in [0.25, 0.3) is 11.4 Å². The Labute approximate surface area is 178 Å². The van der Waals surface area contributed by atoms with Crippen molar-refractivity contribution in [1.29, 1.82) is 0 Å². The monoisotopic (exact) mass is 408 g/mol. The normalized spacial score (nSPS) is 22.0. The molecule has 0 bridgehead atoms. The number of aromatic nitrogens is 2. The fourth-order valence-electron chi connectivity index (χ4n) is 4.81. The summed E-state index contributed by atoms with van der Waals surface area (Å²) < 4.78 is 0. The predicted molar refractivity (Wildman–Crippen MR) is 120 cm³/mol. The summed E-state index contributed by atoms with van der Waals surface area (Å²) >= 11 is 0. The predicted octanol–water partition coefficient (Wildman–Crippen LogP) is 1.37. The number of β-amino-alcohol motifs (C(OH)–C–C–N with tert-alkyl or cyclic N) is 1. The molecule has 7 nitrogen and oxygen atoms in total. The molecule has 2 aromatic rings. The molecule has 0 amide bonds. The van der Waals surface area contributed by atoms with E-state index in [-0.39, 0.29) is 6.10 Å². The second-order valence-electron chi connectivity index (χ2n) is 8.66. The molecular weight excluding hydrogens is 376 g/mol. The molecule has 3 aliphatic rings.